The normalized spacial score (nSPS) is 10.6. The van der Waals surface area contributed by atoms with Gasteiger partial charge in [-0.2, -0.15) is 0 Å². The Hall–Kier alpha value is -0.350. The number of halogens is 2. The first-order chi connectivity index (χ1) is 6.65. The molecule has 0 fully saturated rings. The molecule has 3 nitrogen and oxygen atoms in total. The monoisotopic (exact) mass is 277 g/mol. The zero-order valence-electron chi connectivity index (χ0n) is 8.24. The molecule has 0 bridgehead atoms. The van der Waals surface area contributed by atoms with Crippen molar-refractivity contribution in [2.45, 2.75) is 19.9 Å². The van der Waals surface area contributed by atoms with E-state index in [1.807, 2.05) is 0 Å². The lowest BCUT2D eigenvalue weighted by Crippen LogP contribution is -2.33. The highest BCUT2D eigenvalue weighted by Gasteiger charge is 2.11. The topological polar surface area (TPSA) is 29.0 Å². The smallest absolute Gasteiger partial charge is 0.225 e. The lowest BCUT2D eigenvalue weighted by Gasteiger charge is -2.25. The van der Waals surface area contributed by atoms with Crippen molar-refractivity contribution >= 4 is 33.5 Å². The molecule has 0 aliphatic rings. The van der Waals surface area contributed by atoms with Crippen LogP contribution in [0, 0.1) is 0 Å². The molecule has 14 heavy (non-hydrogen) atoms. The van der Waals surface area contributed by atoms with Gasteiger partial charge in [-0.1, -0.05) is 0 Å². The summed E-state index contributed by atoms with van der Waals surface area (Å²) >= 11 is 9.02. The van der Waals surface area contributed by atoms with E-state index in [2.05, 4.69) is 44.6 Å². The van der Waals surface area contributed by atoms with Crippen LogP contribution in [0.5, 0.6) is 0 Å². The van der Waals surface area contributed by atoms with Crippen LogP contribution < -0.4 is 4.90 Å². The van der Waals surface area contributed by atoms with Crippen molar-refractivity contribution in [2.75, 3.05) is 17.3 Å². The molecule has 1 rings (SSSR count). The maximum atomic E-state index is 5.72. The van der Waals surface area contributed by atoms with Gasteiger partial charge in [-0.3, -0.25) is 0 Å². The predicted octanol–water partition coefficient (Wildman–Crippen LogP) is 2.69. The van der Waals surface area contributed by atoms with Gasteiger partial charge < -0.3 is 4.90 Å². The van der Waals surface area contributed by atoms with Gasteiger partial charge >= 0.3 is 0 Å². The van der Waals surface area contributed by atoms with Crippen molar-refractivity contribution in [2.24, 2.45) is 0 Å². The minimum Gasteiger partial charge on any atom is -0.337 e. The van der Waals surface area contributed by atoms with Gasteiger partial charge in [-0.25, -0.2) is 9.97 Å². The van der Waals surface area contributed by atoms with Crippen LogP contribution in [0.25, 0.3) is 0 Å². The van der Waals surface area contributed by atoms with Crippen molar-refractivity contribution in [3.8, 4) is 0 Å². The Kier molecular flexibility index (Phi) is 4.62. The van der Waals surface area contributed by atoms with E-state index in [0.29, 0.717) is 11.9 Å². The summed E-state index contributed by atoms with van der Waals surface area (Å²) < 4.78 is 0.885. The van der Waals surface area contributed by atoms with E-state index in [4.69, 9.17) is 11.6 Å². The molecule has 0 saturated heterocycles. The average Bonchev–Trinajstić information content (AvgIpc) is 2.15. The number of hydrogen-bond acceptors (Lipinski definition) is 3. The van der Waals surface area contributed by atoms with E-state index in [-0.39, 0.29) is 0 Å². The molecule has 0 radical (unpaired) electrons. The maximum Gasteiger partial charge on any atom is 0.225 e. The first-order valence-electron chi connectivity index (χ1n) is 4.45. The van der Waals surface area contributed by atoms with Crippen molar-refractivity contribution in [1.29, 1.82) is 0 Å². The molecule has 5 heteroatoms. The Morgan fingerprint density at radius 1 is 1.43 bits per heavy atom. The Labute approximate surface area is 97.6 Å². The second-order valence-corrected chi connectivity index (χ2v) is 4.47. The molecular formula is C9H13BrClN3. The van der Waals surface area contributed by atoms with Crippen molar-refractivity contribution in [3.05, 3.63) is 16.9 Å². The molecular weight excluding hydrogens is 265 g/mol. The minimum atomic E-state index is 0.356. The van der Waals surface area contributed by atoms with E-state index >= 15 is 0 Å². The third-order valence-electron chi connectivity index (χ3n) is 1.81. The van der Waals surface area contributed by atoms with Gasteiger partial charge in [0.1, 0.15) is 0 Å². The summed E-state index contributed by atoms with van der Waals surface area (Å²) in [4.78, 5) is 10.5. The van der Waals surface area contributed by atoms with Crippen molar-refractivity contribution in [3.63, 3.8) is 0 Å². The molecule has 0 spiro atoms. The Morgan fingerprint density at radius 2 is 2.00 bits per heavy atom. The van der Waals surface area contributed by atoms with Crippen LogP contribution in [0.3, 0.4) is 0 Å². The first-order valence-corrected chi connectivity index (χ1v) is 5.78. The van der Waals surface area contributed by atoms with E-state index in [1.54, 1.807) is 12.4 Å². The third-order valence-corrected chi connectivity index (χ3v) is 2.39. The van der Waals surface area contributed by atoms with Gasteiger partial charge in [0.05, 0.1) is 4.47 Å². The summed E-state index contributed by atoms with van der Waals surface area (Å²) in [6.45, 7) is 4.96. The Morgan fingerprint density at radius 3 is 2.43 bits per heavy atom. The van der Waals surface area contributed by atoms with Crippen molar-refractivity contribution in [1.82, 2.24) is 9.97 Å². The molecule has 1 heterocycles. The summed E-state index contributed by atoms with van der Waals surface area (Å²) in [7, 11) is 0. The van der Waals surface area contributed by atoms with Crippen LogP contribution >= 0.6 is 27.5 Å². The van der Waals surface area contributed by atoms with Crippen LogP contribution in [0.2, 0.25) is 0 Å². The third kappa shape index (κ3) is 3.10. The molecule has 0 aliphatic heterocycles. The van der Waals surface area contributed by atoms with Crippen LogP contribution in [-0.4, -0.2) is 28.4 Å². The number of anilines is 1. The van der Waals surface area contributed by atoms with Gasteiger partial charge in [0.15, 0.2) is 0 Å². The maximum absolute atomic E-state index is 5.72. The van der Waals surface area contributed by atoms with Crippen molar-refractivity contribution < 1.29 is 0 Å². The molecule has 0 N–H and O–H groups in total. The largest absolute Gasteiger partial charge is 0.337 e. The van der Waals surface area contributed by atoms with Crippen LogP contribution in [0.1, 0.15) is 13.8 Å². The zero-order chi connectivity index (χ0) is 10.6. The molecule has 1 aromatic heterocycles. The number of aromatic nitrogens is 2. The highest BCUT2D eigenvalue weighted by molar-refractivity contribution is 9.10. The molecule has 0 aromatic carbocycles. The summed E-state index contributed by atoms with van der Waals surface area (Å²) in [6.07, 6.45) is 3.48. The van der Waals surface area contributed by atoms with E-state index in [9.17, 15) is 0 Å². The van der Waals surface area contributed by atoms with Crippen LogP contribution in [0.15, 0.2) is 16.9 Å². The summed E-state index contributed by atoms with van der Waals surface area (Å²) in [6, 6.07) is 0.356. The van der Waals surface area contributed by atoms with E-state index in [1.165, 1.54) is 0 Å². The minimum absolute atomic E-state index is 0.356. The number of rotatable bonds is 4. The standard InChI is InChI=1S/C9H13BrClN3/c1-7(2)14(4-3-11)9-12-5-8(10)6-13-9/h5-7H,3-4H2,1-2H3. The lowest BCUT2D eigenvalue weighted by molar-refractivity contribution is 0.682. The predicted molar refractivity (Wildman–Crippen MR) is 62.9 cm³/mol. The van der Waals surface area contributed by atoms with Gasteiger partial charge in [-0.05, 0) is 29.8 Å². The summed E-state index contributed by atoms with van der Waals surface area (Å²) in [5.74, 6) is 1.31. The first kappa shape index (κ1) is 11.7. The summed E-state index contributed by atoms with van der Waals surface area (Å²) in [5.41, 5.74) is 0. The lowest BCUT2D eigenvalue weighted by atomic mass is 10.3. The highest BCUT2D eigenvalue weighted by atomic mass is 79.9. The molecule has 0 unspecified atom stereocenters. The number of nitrogens with zero attached hydrogens (tertiary/aromatic N) is 3. The quantitative estimate of drug-likeness (QED) is 0.793. The van der Waals surface area contributed by atoms with Gasteiger partial charge in [-0.15, -0.1) is 11.6 Å². The molecule has 78 valence electrons. The Balaban J connectivity index is 2.82. The van der Waals surface area contributed by atoms with Gasteiger partial charge in [0, 0.05) is 30.9 Å². The van der Waals surface area contributed by atoms with Crippen LogP contribution in [-0.2, 0) is 0 Å². The SMILES string of the molecule is CC(C)N(CCCl)c1ncc(Br)cn1. The Bertz CT molecular complexity index is 276. The molecule has 1 aromatic rings. The van der Waals surface area contributed by atoms with Gasteiger partial charge in [0.2, 0.25) is 5.95 Å². The van der Waals surface area contributed by atoms with Crippen LogP contribution in [0.4, 0.5) is 5.95 Å². The van der Waals surface area contributed by atoms with E-state index < -0.39 is 0 Å². The fourth-order valence-corrected chi connectivity index (χ4v) is 1.52. The second kappa shape index (κ2) is 5.51. The molecule has 0 atom stereocenters. The fraction of sp³-hybridized carbons (Fsp3) is 0.556. The second-order valence-electron chi connectivity index (χ2n) is 3.18. The molecule has 0 amide bonds. The molecule has 0 aliphatic carbocycles. The fourth-order valence-electron chi connectivity index (χ4n) is 1.13. The number of alkyl halides is 1. The highest BCUT2D eigenvalue weighted by Crippen LogP contribution is 2.13. The average molecular weight is 279 g/mol. The zero-order valence-corrected chi connectivity index (χ0v) is 10.6. The summed E-state index contributed by atoms with van der Waals surface area (Å²) in [5, 5.41) is 0. The number of hydrogen-bond donors (Lipinski definition) is 0. The molecule has 0 saturated carbocycles. The van der Waals surface area contributed by atoms with E-state index in [0.717, 1.165) is 17.0 Å². The van der Waals surface area contributed by atoms with Gasteiger partial charge in [0.25, 0.3) is 0 Å².